The molecule has 5 heteroatoms. The number of anilines is 2. The summed E-state index contributed by atoms with van der Waals surface area (Å²) in [6, 6.07) is 9.90. The maximum atomic E-state index is 12.5. The first-order chi connectivity index (χ1) is 11.5. The van der Waals surface area contributed by atoms with E-state index in [2.05, 4.69) is 15.6 Å². The average molecular weight is 324 g/mol. The molecule has 1 aliphatic heterocycles. The molecule has 24 heavy (non-hydrogen) atoms. The van der Waals surface area contributed by atoms with Gasteiger partial charge < -0.3 is 15.5 Å². The van der Waals surface area contributed by atoms with Crippen LogP contribution in [0, 0.1) is 11.3 Å². The Balaban J connectivity index is 1.49. The lowest BCUT2D eigenvalue weighted by molar-refractivity contribution is -0.119. The summed E-state index contributed by atoms with van der Waals surface area (Å²) in [4.78, 5) is 19.1. The van der Waals surface area contributed by atoms with Crippen LogP contribution in [-0.2, 0) is 4.79 Å². The van der Waals surface area contributed by atoms with Gasteiger partial charge in [0.25, 0.3) is 0 Å². The van der Waals surface area contributed by atoms with E-state index in [0.29, 0.717) is 17.8 Å². The molecule has 2 heterocycles. The number of aromatic nitrogens is 1. The largest absolute Gasteiger partial charge is 0.363 e. The number of amides is 1. The van der Waals surface area contributed by atoms with Gasteiger partial charge >= 0.3 is 0 Å². The first-order valence-electron chi connectivity index (χ1n) is 8.62. The van der Waals surface area contributed by atoms with Gasteiger partial charge in [0.15, 0.2) is 0 Å². The zero-order chi connectivity index (χ0) is 16.7. The Bertz CT molecular complexity index is 774. The molecular formula is C19H24N4O. The second kappa shape index (κ2) is 5.74. The molecule has 4 rings (SSSR count). The number of hydrogen-bond donors (Lipinski definition) is 2. The predicted octanol–water partition coefficient (Wildman–Crippen LogP) is 2.63. The summed E-state index contributed by atoms with van der Waals surface area (Å²) < 4.78 is 0. The van der Waals surface area contributed by atoms with Crippen molar-refractivity contribution >= 4 is 28.3 Å². The van der Waals surface area contributed by atoms with Gasteiger partial charge in [0.2, 0.25) is 5.91 Å². The van der Waals surface area contributed by atoms with Crippen LogP contribution >= 0.6 is 0 Å². The van der Waals surface area contributed by atoms with Crippen molar-refractivity contribution in [1.29, 1.82) is 0 Å². The highest BCUT2D eigenvalue weighted by molar-refractivity contribution is 6.02. The highest BCUT2D eigenvalue weighted by atomic mass is 16.1. The van der Waals surface area contributed by atoms with Crippen LogP contribution in [-0.4, -0.2) is 38.1 Å². The van der Waals surface area contributed by atoms with Crippen molar-refractivity contribution in [2.75, 3.05) is 37.4 Å². The van der Waals surface area contributed by atoms with E-state index >= 15 is 0 Å². The summed E-state index contributed by atoms with van der Waals surface area (Å²) in [7, 11) is 3.92. The molecule has 2 fully saturated rings. The number of fused-ring (bicyclic) bond motifs is 1. The van der Waals surface area contributed by atoms with Crippen molar-refractivity contribution in [2.45, 2.75) is 19.3 Å². The Morgan fingerprint density at radius 3 is 2.75 bits per heavy atom. The molecular weight excluding hydrogens is 300 g/mol. The van der Waals surface area contributed by atoms with Gasteiger partial charge in [-0.05, 0) is 30.2 Å². The SMILES string of the molecule is CN(C)c1cc(NC(=O)CC2CC3(CNC3)C2)c2ccccc2n1. The van der Waals surface area contributed by atoms with E-state index in [-0.39, 0.29) is 5.91 Å². The summed E-state index contributed by atoms with van der Waals surface area (Å²) in [5.74, 6) is 1.50. The van der Waals surface area contributed by atoms with E-state index in [1.54, 1.807) is 0 Å². The van der Waals surface area contributed by atoms with Crippen molar-refractivity contribution in [1.82, 2.24) is 10.3 Å². The van der Waals surface area contributed by atoms with Crippen LogP contribution < -0.4 is 15.5 Å². The second-order valence-electron chi connectivity index (χ2n) is 7.57. The van der Waals surface area contributed by atoms with Crippen molar-refractivity contribution in [3.05, 3.63) is 30.3 Å². The van der Waals surface area contributed by atoms with Crippen molar-refractivity contribution in [2.24, 2.45) is 11.3 Å². The molecule has 1 saturated heterocycles. The van der Waals surface area contributed by atoms with Crippen LogP contribution in [0.1, 0.15) is 19.3 Å². The molecule has 1 aromatic heterocycles. The molecule has 1 amide bonds. The number of pyridine rings is 1. The minimum absolute atomic E-state index is 0.114. The Kier molecular flexibility index (Phi) is 3.68. The molecule has 2 N–H and O–H groups in total. The van der Waals surface area contributed by atoms with Gasteiger partial charge in [0.05, 0.1) is 11.2 Å². The van der Waals surface area contributed by atoms with Gasteiger partial charge in [-0.2, -0.15) is 0 Å². The molecule has 0 bridgehead atoms. The fraction of sp³-hybridized carbons (Fsp3) is 0.474. The second-order valence-corrected chi connectivity index (χ2v) is 7.57. The lowest BCUT2D eigenvalue weighted by Gasteiger charge is -2.54. The molecule has 0 atom stereocenters. The van der Waals surface area contributed by atoms with Crippen molar-refractivity contribution in [3.63, 3.8) is 0 Å². The summed E-state index contributed by atoms with van der Waals surface area (Å²) >= 11 is 0. The van der Waals surface area contributed by atoms with Gasteiger partial charge in [-0.1, -0.05) is 18.2 Å². The lowest BCUT2D eigenvalue weighted by atomic mass is 9.58. The number of benzene rings is 1. The van der Waals surface area contributed by atoms with Crippen molar-refractivity contribution in [3.8, 4) is 0 Å². The van der Waals surface area contributed by atoms with Gasteiger partial charge in [-0.25, -0.2) is 4.98 Å². The third-order valence-corrected chi connectivity index (χ3v) is 5.35. The normalized spacial score (nSPS) is 18.9. The Morgan fingerprint density at radius 2 is 2.08 bits per heavy atom. The zero-order valence-corrected chi connectivity index (χ0v) is 14.3. The number of carbonyl (C=O) groups is 1. The maximum Gasteiger partial charge on any atom is 0.224 e. The fourth-order valence-corrected chi connectivity index (χ4v) is 4.03. The molecule has 1 aromatic carbocycles. The van der Waals surface area contributed by atoms with Crippen LogP contribution in [0.2, 0.25) is 0 Å². The van der Waals surface area contributed by atoms with Crippen LogP contribution in [0.5, 0.6) is 0 Å². The van der Waals surface area contributed by atoms with Crippen LogP contribution in [0.25, 0.3) is 10.9 Å². The Labute approximate surface area is 142 Å². The number of carbonyl (C=O) groups excluding carboxylic acids is 1. The molecule has 1 aliphatic carbocycles. The minimum Gasteiger partial charge on any atom is -0.363 e. The number of nitrogens with zero attached hydrogens (tertiary/aromatic N) is 2. The molecule has 126 valence electrons. The predicted molar refractivity (Wildman–Crippen MR) is 97.3 cm³/mol. The number of rotatable bonds is 4. The van der Waals surface area contributed by atoms with Crippen LogP contribution in [0.3, 0.4) is 0 Å². The van der Waals surface area contributed by atoms with Gasteiger partial charge in [0.1, 0.15) is 5.82 Å². The Hall–Kier alpha value is -2.14. The number of nitrogens with one attached hydrogen (secondary N) is 2. The third kappa shape index (κ3) is 2.73. The number of hydrogen-bond acceptors (Lipinski definition) is 4. The van der Waals surface area contributed by atoms with E-state index < -0.39 is 0 Å². The number of para-hydroxylation sites is 1. The summed E-state index contributed by atoms with van der Waals surface area (Å²) in [5.41, 5.74) is 2.28. The van der Waals surface area contributed by atoms with Crippen LogP contribution in [0.4, 0.5) is 11.5 Å². The zero-order valence-electron chi connectivity index (χ0n) is 14.3. The third-order valence-electron chi connectivity index (χ3n) is 5.35. The Morgan fingerprint density at radius 1 is 1.33 bits per heavy atom. The molecule has 1 spiro atoms. The quantitative estimate of drug-likeness (QED) is 0.908. The van der Waals surface area contributed by atoms with E-state index in [1.165, 1.54) is 12.8 Å². The lowest BCUT2D eigenvalue weighted by Crippen LogP contribution is -2.60. The minimum atomic E-state index is 0.114. The van der Waals surface area contributed by atoms with E-state index in [9.17, 15) is 4.79 Å². The summed E-state index contributed by atoms with van der Waals surface area (Å²) in [5, 5.41) is 7.45. The van der Waals surface area contributed by atoms with Gasteiger partial charge in [0, 0.05) is 45.1 Å². The van der Waals surface area contributed by atoms with Crippen LogP contribution in [0.15, 0.2) is 30.3 Å². The fourth-order valence-electron chi connectivity index (χ4n) is 4.03. The standard InChI is InChI=1S/C19H24N4O/c1-23(2)17-8-16(14-5-3-4-6-15(14)21-17)22-18(24)7-13-9-19(10-13)11-20-12-19/h3-6,8,13,20H,7,9-12H2,1-2H3,(H,21,22,24). The van der Waals surface area contributed by atoms with E-state index in [1.807, 2.05) is 49.3 Å². The summed E-state index contributed by atoms with van der Waals surface area (Å²) in [6.45, 7) is 2.26. The topological polar surface area (TPSA) is 57.3 Å². The first-order valence-corrected chi connectivity index (χ1v) is 8.62. The average Bonchev–Trinajstić information content (AvgIpc) is 2.48. The van der Waals surface area contributed by atoms with Crippen molar-refractivity contribution < 1.29 is 4.79 Å². The maximum absolute atomic E-state index is 12.5. The van der Waals surface area contributed by atoms with E-state index in [4.69, 9.17) is 0 Å². The first kappa shape index (κ1) is 15.4. The molecule has 2 aliphatic rings. The molecule has 5 nitrogen and oxygen atoms in total. The molecule has 1 saturated carbocycles. The molecule has 0 radical (unpaired) electrons. The monoisotopic (exact) mass is 324 g/mol. The highest BCUT2D eigenvalue weighted by Crippen LogP contribution is 2.49. The highest BCUT2D eigenvalue weighted by Gasteiger charge is 2.48. The smallest absolute Gasteiger partial charge is 0.224 e. The molecule has 2 aromatic rings. The van der Waals surface area contributed by atoms with Gasteiger partial charge in [-0.15, -0.1) is 0 Å². The molecule has 0 unspecified atom stereocenters. The van der Waals surface area contributed by atoms with Gasteiger partial charge in [-0.3, -0.25) is 4.79 Å². The van der Waals surface area contributed by atoms with E-state index in [0.717, 1.165) is 35.5 Å². The summed E-state index contributed by atoms with van der Waals surface area (Å²) in [6.07, 6.45) is 3.00.